The second-order valence-electron chi connectivity index (χ2n) is 10.6. The Bertz CT molecular complexity index is 1320. The number of thioether (sulfide) groups is 1. The van der Waals surface area contributed by atoms with Crippen molar-refractivity contribution in [3.63, 3.8) is 0 Å². The fourth-order valence-electron chi connectivity index (χ4n) is 5.95. The molecule has 0 aliphatic carbocycles. The summed E-state index contributed by atoms with van der Waals surface area (Å²) in [5, 5.41) is 4.00. The lowest BCUT2D eigenvalue weighted by Gasteiger charge is -2.44. The van der Waals surface area contributed by atoms with Crippen LogP contribution in [0.5, 0.6) is 0 Å². The number of fused-ring (bicyclic) bond motifs is 1. The molecule has 0 saturated carbocycles. The van der Waals surface area contributed by atoms with Crippen molar-refractivity contribution in [3.05, 3.63) is 63.9 Å². The molecule has 1 spiro atoms. The number of quaternary nitrogens is 1. The Morgan fingerprint density at radius 3 is 2.81 bits per heavy atom. The normalized spacial score (nSPS) is 20.9. The fourth-order valence-corrected chi connectivity index (χ4v) is 7.40. The molecule has 3 N–H and O–H groups in total. The van der Waals surface area contributed by atoms with Crippen LogP contribution in [0.4, 0.5) is 0 Å². The van der Waals surface area contributed by atoms with E-state index in [1.807, 2.05) is 36.4 Å². The van der Waals surface area contributed by atoms with Gasteiger partial charge in [0.05, 0.1) is 18.3 Å². The van der Waals surface area contributed by atoms with E-state index >= 15 is 0 Å². The standard InChI is InChI=1S/C29H35ClN4O2S/c1-2-3-13-25(27(36)33-17-8-15-29(20-33)14-7-16-31-19-29)37-28-32-24-12-5-4-11-23(24)26(35)34(28)22-10-6-9-21(30)18-22/h4-6,9-12,18,25,31H,2-3,7-8,13-17,19-20H2,1H3/p+2/t25-,29-/m0/s1. The fraction of sp³-hybridized carbons (Fsp3) is 0.483. The van der Waals surface area contributed by atoms with Gasteiger partial charge >= 0.3 is 10.7 Å². The second-order valence-corrected chi connectivity index (χ2v) is 12.2. The number of aromatic amines is 1. The van der Waals surface area contributed by atoms with Gasteiger partial charge in [0.2, 0.25) is 5.91 Å². The minimum Gasteiger partial charge on any atom is -0.346 e. The van der Waals surface area contributed by atoms with E-state index in [9.17, 15) is 9.59 Å². The number of aromatic nitrogens is 2. The van der Waals surface area contributed by atoms with Crippen LogP contribution in [-0.2, 0) is 4.79 Å². The van der Waals surface area contributed by atoms with Crippen molar-refractivity contribution in [1.29, 1.82) is 0 Å². The number of unbranched alkanes of at least 4 members (excludes halogenated alkanes) is 1. The number of rotatable bonds is 7. The number of amides is 1. The van der Waals surface area contributed by atoms with Gasteiger partial charge in [0, 0.05) is 29.6 Å². The Kier molecular flexibility index (Phi) is 8.22. The van der Waals surface area contributed by atoms with Crippen LogP contribution in [0.1, 0.15) is 51.9 Å². The van der Waals surface area contributed by atoms with Crippen molar-refractivity contribution < 1.29 is 15.1 Å². The number of hydrogen-bond donors (Lipinski definition) is 1. The molecule has 0 bridgehead atoms. The van der Waals surface area contributed by atoms with Crippen molar-refractivity contribution in [2.45, 2.75) is 62.3 Å². The first-order valence-corrected chi connectivity index (χ1v) is 14.9. The van der Waals surface area contributed by atoms with Crippen LogP contribution in [0.3, 0.4) is 0 Å². The summed E-state index contributed by atoms with van der Waals surface area (Å²) in [5.74, 6) is 0.203. The van der Waals surface area contributed by atoms with Gasteiger partial charge in [-0.3, -0.25) is 4.79 Å². The maximum atomic E-state index is 14.1. The molecular formula is C29H37ClN4O2S+2. The predicted octanol–water partition coefficient (Wildman–Crippen LogP) is 4.08. The van der Waals surface area contributed by atoms with Gasteiger partial charge in [-0.15, -0.1) is 0 Å². The van der Waals surface area contributed by atoms with E-state index in [4.69, 9.17) is 11.6 Å². The Labute approximate surface area is 227 Å². The number of piperidine rings is 2. The molecule has 3 heterocycles. The van der Waals surface area contributed by atoms with Crippen molar-refractivity contribution in [1.82, 2.24) is 9.47 Å². The van der Waals surface area contributed by atoms with Crippen molar-refractivity contribution in [2.24, 2.45) is 5.41 Å². The van der Waals surface area contributed by atoms with Crippen LogP contribution in [-0.4, -0.2) is 46.8 Å². The minimum absolute atomic E-state index is 0.115. The maximum Gasteiger partial charge on any atom is 0.351 e. The zero-order valence-electron chi connectivity index (χ0n) is 21.5. The molecule has 37 heavy (non-hydrogen) atoms. The molecule has 8 heteroatoms. The van der Waals surface area contributed by atoms with Gasteiger partial charge in [0.25, 0.3) is 0 Å². The third-order valence-electron chi connectivity index (χ3n) is 7.89. The predicted molar refractivity (Wildman–Crippen MR) is 149 cm³/mol. The van der Waals surface area contributed by atoms with Crippen LogP contribution in [0.15, 0.2) is 58.5 Å². The number of H-pyrrole nitrogens is 1. The van der Waals surface area contributed by atoms with Crippen LogP contribution >= 0.6 is 23.4 Å². The van der Waals surface area contributed by atoms with Gasteiger partial charge in [-0.25, -0.2) is 9.78 Å². The number of hydrogen-bond acceptors (Lipinski definition) is 3. The zero-order chi connectivity index (χ0) is 25.8. The number of nitrogens with two attached hydrogens (primary N) is 1. The molecule has 6 nitrogen and oxygen atoms in total. The third-order valence-corrected chi connectivity index (χ3v) is 9.35. The molecule has 2 saturated heterocycles. The Balaban J connectivity index is 1.51. The molecular weight excluding hydrogens is 504 g/mol. The summed E-state index contributed by atoms with van der Waals surface area (Å²) in [6.07, 6.45) is 7.49. The monoisotopic (exact) mass is 540 g/mol. The van der Waals surface area contributed by atoms with E-state index in [0.717, 1.165) is 50.8 Å². The number of nitrogens with one attached hydrogen (secondary N) is 1. The highest BCUT2D eigenvalue weighted by molar-refractivity contribution is 8.00. The molecule has 2 atom stereocenters. The van der Waals surface area contributed by atoms with Gasteiger partial charge in [-0.1, -0.05) is 49.6 Å². The molecule has 0 radical (unpaired) electrons. The molecule has 0 unspecified atom stereocenters. The molecule has 196 valence electrons. The summed E-state index contributed by atoms with van der Waals surface area (Å²) < 4.78 is 1.68. The number of para-hydroxylation sites is 1. The topological polar surface area (TPSA) is 73.1 Å². The molecule has 2 aromatic carbocycles. The third kappa shape index (κ3) is 5.74. The average molecular weight is 541 g/mol. The highest BCUT2D eigenvalue weighted by atomic mass is 35.5. The van der Waals surface area contributed by atoms with E-state index in [-0.39, 0.29) is 22.1 Å². The van der Waals surface area contributed by atoms with Crippen molar-refractivity contribution in [3.8, 4) is 5.69 Å². The summed E-state index contributed by atoms with van der Waals surface area (Å²) >= 11 is 7.81. The first-order valence-electron chi connectivity index (χ1n) is 13.6. The number of benzene rings is 2. The lowest BCUT2D eigenvalue weighted by atomic mass is 9.74. The van der Waals surface area contributed by atoms with Crippen molar-refractivity contribution in [2.75, 3.05) is 26.2 Å². The smallest absolute Gasteiger partial charge is 0.346 e. The van der Waals surface area contributed by atoms with Gasteiger partial charge in [-0.2, -0.15) is 4.57 Å². The summed E-state index contributed by atoms with van der Waals surface area (Å²) in [7, 11) is 0. The summed E-state index contributed by atoms with van der Waals surface area (Å²) in [5.41, 5.74) is 1.60. The largest absolute Gasteiger partial charge is 0.351 e. The molecule has 2 fully saturated rings. The first kappa shape index (κ1) is 26.3. The number of carbonyl (C=O) groups excluding carboxylic acids is 1. The molecule has 2 aliphatic rings. The number of carbonyl (C=O) groups is 1. The zero-order valence-corrected chi connectivity index (χ0v) is 23.1. The second kappa shape index (κ2) is 11.6. The van der Waals surface area contributed by atoms with Gasteiger partial charge < -0.3 is 10.2 Å². The molecule has 5 rings (SSSR count). The number of halogens is 1. The SMILES string of the molecule is CCCC[C@H](Sc1[nH+]c2ccccc2c(=O)n1-c1cccc(Cl)c1)C(=O)N1CCC[C@]2(CCC[NH2+]C2)C1. The van der Waals surface area contributed by atoms with Gasteiger partial charge in [0.15, 0.2) is 0 Å². The highest BCUT2D eigenvalue weighted by Gasteiger charge is 2.42. The molecule has 1 aromatic heterocycles. The highest BCUT2D eigenvalue weighted by Crippen LogP contribution is 2.36. The number of nitrogens with zero attached hydrogens (tertiary/aromatic N) is 2. The van der Waals surface area contributed by atoms with E-state index in [1.54, 1.807) is 16.7 Å². The van der Waals surface area contributed by atoms with Crippen LogP contribution in [0.25, 0.3) is 16.6 Å². The lowest BCUT2D eigenvalue weighted by Crippen LogP contribution is -2.89. The molecule has 2 aliphatic heterocycles. The lowest BCUT2D eigenvalue weighted by molar-refractivity contribution is -0.677. The Morgan fingerprint density at radius 2 is 2.03 bits per heavy atom. The molecule has 1 amide bonds. The Morgan fingerprint density at radius 1 is 1.19 bits per heavy atom. The average Bonchev–Trinajstić information content (AvgIpc) is 2.91. The van der Waals surface area contributed by atoms with E-state index in [1.165, 1.54) is 37.6 Å². The summed E-state index contributed by atoms with van der Waals surface area (Å²) in [6, 6.07) is 14.9. The first-order chi connectivity index (χ1) is 18.0. The van der Waals surface area contributed by atoms with Crippen molar-refractivity contribution >= 4 is 40.2 Å². The quantitative estimate of drug-likeness (QED) is 0.362. The minimum atomic E-state index is -0.259. The van der Waals surface area contributed by atoms with Gasteiger partial charge in [-0.05, 0) is 68.1 Å². The Hall–Kier alpha value is -2.35. The van der Waals surface area contributed by atoms with E-state index in [0.29, 0.717) is 21.3 Å². The van der Waals surface area contributed by atoms with E-state index < -0.39 is 0 Å². The van der Waals surface area contributed by atoms with E-state index in [2.05, 4.69) is 22.1 Å². The summed E-state index contributed by atoms with van der Waals surface area (Å²) in [6.45, 7) is 6.16. The summed E-state index contributed by atoms with van der Waals surface area (Å²) in [4.78, 5) is 33.4. The number of likely N-dealkylation sites (tertiary alicyclic amines) is 1. The van der Waals surface area contributed by atoms with Crippen LogP contribution < -0.4 is 15.9 Å². The molecule has 3 aromatic rings. The van der Waals surface area contributed by atoms with Crippen LogP contribution in [0, 0.1) is 5.41 Å². The maximum absolute atomic E-state index is 14.1. The van der Waals surface area contributed by atoms with Gasteiger partial charge in [0.1, 0.15) is 16.6 Å². The van der Waals surface area contributed by atoms with Crippen LogP contribution in [0.2, 0.25) is 5.02 Å².